The lowest BCUT2D eigenvalue weighted by atomic mass is 9.65. The lowest BCUT2D eigenvalue weighted by Crippen LogP contribution is -2.48. The van der Waals surface area contributed by atoms with Gasteiger partial charge in [0, 0.05) is 28.8 Å². The van der Waals surface area contributed by atoms with E-state index in [1.165, 1.54) is 12.8 Å². The van der Waals surface area contributed by atoms with Gasteiger partial charge in [0.15, 0.2) is 11.6 Å². The molecule has 0 bridgehead atoms. The van der Waals surface area contributed by atoms with Crippen molar-refractivity contribution in [3.05, 3.63) is 46.6 Å². The van der Waals surface area contributed by atoms with Crippen LogP contribution in [-0.4, -0.2) is 49.7 Å². The first kappa shape index (κ1) is 31.9. The molecule has 5 heteroatoms. The molecule has 2 fully saturated rings. The lowest BCUT2D eigenvalue weighted by molar-refractivity contribution is -0.115. The van der Waals surface area contributed by atoms with Gasteiger partial charge in [-0.3, -0.25) is 9.59 Å². The maximum absolute atomic E-state index is 14.1. The molecule has 0 aromatic rings. The van der Waals surface area contributed by atoms with Crippen LogP contribution in [0.3, 0.4) is 0 Å². The van der Waals surface area contributed by atoms with E-state index in [0.29, 0.717) is 0 Å². The van der Waals surface area contributed by atoms with Crippen molar-refractivity contribution in [1.29, 1.82) is 0 Å². The zero-order chi connectivity index (χ0) is 30.3. The monoisotopic (exact) mass is 583 g/mol. The summed E-state index contributed by atoms with van der Waals surface area (Å²) < 4.78 is -1.12. The summed E-state index contributed by atoms with van der Waals surface area (Å²) >= 11 is 4.03. The molecule has 4 rings (SSSR count). The summed E-state index contributed by atoms with van der Waals surface area (Å²) in [5.74, 6) is 0.345. The van der Waals surface area contributed by atoms with Crippen molar-refractivity contribution < 1.29 is 9.59 Å². The molecule has 0 saturated carbocycles. The second kappa shape index (κ2) is 9.74. The van der Waals surface area contributed by atoms with Crippen molar-refractivity contribution in [2.45, 2.75) is 116 Å². The molecule has 3 nitrogen and oxygen atoms in total. The van der Waals surface area contributed by atoms with E-state index in [-0.39, 0.29) is 37.3 Å². The van der Waals surface area contributed by atoms with Crippen LogP contribution in [0.2, 0.25) is 0 Å². The second-order valence-corrected chi connectivity index (χ2v) is 20.6. The Morgan fingerprint density at radius 2 is 0.875 bits per heavy atom. The number of likely N-dealkylation sites (tertiary alicyclic amines) is 1. The number of allylic oxidation sites excluding steroid dienone is 4. The highest BCUT2D eigenvalue weighted by Gasteiger charge is 2.64. The van der Waals surface area contributed by atoms with Crippen LogP contribution in [0.15, 0.2) is 46.6 Å². The minimum absolute atomic E-state index is 0.122. The third-order valence-electron chi connectivity index (χ3n) is 8.74. The fraction of sp³-hybridized carbons (Fsp3) is 0.714. The molecular formula is C35H53NO2S2. The van der Waals surface area contributed by atoms with Gasteiger partial charge in [0.1, 0.15) is 0 Å². The van der Waals surface area contributed by atoms with Crippen molar-refractivity contribution in [3.8, 4) is 0 Å². The molecule has 0 amide bonds. The van der Waals surface area contributed by atoms with Crippen molar-refractivity contribution in [2.75, 3.05) is 19.6 Å². The predicted octanol–water partition coefficient (Wildman–Crippen LogP) is 8.81. The number of Topliss-reactive ketones (excluding diaryl/α,β-unsaturated/α-hetero) is 2. The molecule has 0 aromatic carbocycles. The van der Waals surface area contributed by atoms with Gasteiger partial charge in [0.05, 0.1) is 13.6 Å². The molecule has 2 saturated heterocycles. The minimum Gasteiger partial charge on any atom is -0.301 e. The van der Waals surface area contributed by atoms with Crippen LogP contribution in [0.25, 0.3) is 0 Å². The Balaban J connectivity index is 2.10. The van der Waals surface area contributed by atoms with Gasteiger partial charge in [-0.05, 0) is 54.5 Å². The molecule has 2 aliphatic heterocycles. The lowest BCUT2D eigenvalue weighted by Gasteiger charge is -2.46. The molecule has 40 heavy (non-hydrogen) atoms. The third kappa shape index (κ3) is 5.65. The maximum Gasteiger partial charge on any atom is 0.185 e. The van der Waals surface area contributed by atoms with Crippen molar-refractivity contribution in [1.82, 2.24) is 4.90 Å². The average molecular weight is 584 g/mol. The number of thioether (sulfide) groups is 2. The number of carbonyl (C=O) groups excluding carboxylic acids is 2. The molecule has 0 unspecified atom stereocenters. The number of carbonyl (C=O) groups is 2. The van der Waals surface area contributed by atoms with E-state index >= 15 is 0 Å². The van der Waals surface area contributed by atoms with Crippen LogP contribution >= 0.6 is 23.5 Å². The topological polar surface area (TPSA) is 37.4 Å². The fourth-order valence-corrected chi connectivity index (χ4v) is 11.0. The molecule has 0 N–H and O–H groups in total. The Kier molecular flexibility index (Phi) is 7.77. The molecule has 0 aromatic heterocycles. The van der Waals surface area contributed by atoms with Gasteiger partial charge in [-0.25, -0.2) is 0 Å². The van der Waals surface area contributed by atoms with Gasteiger partial charge >= 0.3 is 0 Å². The fourth-order valence-electron chi connectivity index (χ4n) is 6.60. The Hall–Kier alpha value is -1.04. The van der Waals surface area contributed by atoms with Gasteiger partial charge in [-0.15, -0.1) is 23.5 Å². The molecule has 2 spiro atoms. The number of fused-ring (bicyclic) bond motifs is 1. The van der Waals surface area contributed by atoms with Crippen LogP contribution in [-0.2, 0) is 9.59 Å². The minimum atomic E-state index is -0.501. The summed E-state index contributed by atoms with van der Waals surface area (Å²) in [4.78, 5) is 30.9. The molecule has 222 valence electrons. The Morgan fingerprint density at radius 1 is 0.600 bits per heavy atom. The Labute approximate surface area is 253 Å². The largest absolute Gasteiger partial charge is 0.301 e. The molecule has 2 aliphatic carbocycles. The van der Waals surface area contributed by atoms with E-state index in [2.05, 4.69) is 119 Å². The van der Waals surface area contributed by atoms with Crippen LogP contribution < -0.4 is 0 Å². The summed E-state index contributed by atoms with van der Waals surface area (Å²) in [7, 11) is 0. The summed E-state index contributed by atoms with van der Waals surface area (Å²) in [6, 6.07) is 0. The normalized spacial score (nSPS) is 25.3. The molecule has 2 heterocycles. The van der Waals surface area contributed by atoms with Gasteiger partial charge in [-0.1, -0.05) is 107 Å². The first-order chi connectivity index (χ1) is 17.9. The number of hydrogen-bond donors (Lipinski definition) is 0. The van der Waals surface area contributed by atoms with Gasteiger partial charge in [0.2, 0.25) is 0 Å². The van der Waals surface area contributed by atoms with Gasteiger partial charge in [0.25, 0.3) is 0 Å². The summed E-state index contributed by atoms with van der Waals surface area (Å²) in [5.41, 5.74) is 2.38. The number of ketones is 2. The first-order valence-corrected chi connectivity index (χ1v) is 16.7. The smallest absolute Gasteiger partial charge is 0.185 e. The number of hydrogen-bond acceptors (Lipinski definition) is 5. The zero-order valence-electron chi connectivity index (χ0n) is 27.4. The SMILES string of the molecule is CC1(CN2CCCC2)SC2(C=C(C(C)(C)C)C(=O)C(C(C)(C)C)=C2)C2(C=C(C(C)(C)C)C(=O)C(C(C)(C)C)=C2)S1. The molecule has 0 radical (unpaired) electrons. The van der Waals surface area contributed by atoms with E-state index < -0.39 is 9.49 Å². The van der Waals surface area contributed by atoms with Crippen LogP contribution in [0.4, 0.5) is 0 Å². The van der Waals surface area contributed by atoms with E-state index in [0.717, 1.165) is 41.9 Å². The molecular weight excluding hydrogens is 531 g/mol. The standard InChI is InChI=1S/C35H53NO2S2/c1-29(2,3)23-18-34(19-24(27(23)37)30(4,5)6)35(40-33(13,39-34)22-36-16-14-15-17-36)20-25(31(7,8)9)28(38)26(21-35)32(10,11)12/h18-21H,14-17,22H2,1-13H3. The zero-order valence-corrected chi connectivity index (χ0v) is 29.1. The molecule has 4 aliphatic rings. The second-order valence-electron chi connectivity index (χ2n) is 16.8. The van der Waals surface area contributed by atoms with Gasteiger partial charge < -0.3 is 4.90 Å². The quantitative estimate of drug-likeness (QED) is 0.325. The number of rotatable bonds is 2. The summed E-state index contributed by atoms with van der Waals surface area (Å²) in [6.07, 6.45) is 11.8. The maximum atomic E-state index is 14.1. The highest BCUT2D eigenvalue weighted by Crippen LogP contribution is 2.70. The van der Waals surface area contributed by atoms with E-state index in [1.54, 1.807) is 0 Å². The third-order valence-corrected chi connectivity index (χ3v) is 12.3. The van der Waals surface area contributed by atoms with E-state index in [4.69, 9.17) is 0 Å². The highest BCUT2D eigenvalue weighted by atomic mass is 32.2. The Morgan fingerprint density at radius 3 is 1.12 bits per heavy atom. The van der Waals surface area contributed by atoms with Crippen molar-refractivity contribution in [2.24, 2.45) is 21.7 Å². The average Bonchev–Trinajstić information content (AvgIpc) is 3.32. The number of nitrogens with zero attached hydrogens (tertiary/aromatic N) is 1. The van der Waals surface area contributed by atoms with Crippen LogP contribution in [0, 0.1) is 21.7 Å². The van der Waals surface area contributed by atoms with Crippen LogP contribution in [0.5, 0.6) is 0 Å². The first-order valence-electron chi connectivity index (χ1n) is 15.1. The summed E-state index contributed by atoms with van der Waals surface area (Å²) in [6.45, 7) is 31.6. The van der Waals surface area contributed by atoms with E-state index in [9.17, 15) is 9.59 Å². The predicted molar refractivity (Wildman–Crippen MR) is 175 cm³/mol. The highest BCUT2D eigenvalue weighted by molar-refractivity contribution is 8.23. The van der Waals surface area contributed by atoms with Crippen molar-refractivity contribution >= 4 is 35.1 Å². The van der Waals surface area contributed by atoms with Crippen LogP contribution in [0.1, 0.15) is 103 Å². The Bertz CT molecular complexity index is 1060. The van der Waals surface area contributed by atoms with Crippen molar-refractivity contribution in [3.63, 3.8) is 0 Å². The molecule has 0 atom stereocenters. The van der Waals surface area contributed by atoms with E-state index in [1.807, 2.05) is 23.5 Å². The van der Waals surface area contributed by atoms with Gasteiger partial charge in [-0.2, -0.15) is 0 Å². The summed E-state index contributed by atoms with van der Waals surface area (Å²) in [5, 5.41) is 0.